The summed E-state index contributed by atoms with van der Waals surface area (Å²) < 4.78 is 0. The number of piperidine rings is 1. The van der Waals surface area contributed by atoms with E-state index in [1.54, 1.807) is 24.3 Å². The van der Waals surface area contributed by atoms with Crippen LogP contribution >= 0.6 is 0 Å². The van der Waals surface area contributed by atoms with Gasteiger partial charge in [-0.1, -0.05) is 6.07 Å². The number of rotatable bonds is 7. The highest BCUT2D eigenvalue weighted by Crippen LogP contribution is 2.32. The quantitative estimate of drug-likeness (QED) is 0.585. The number of amides is 3. The van der Waals surface area contributed by atoms with Gasteiger partial charge in [0, 0.05) is 42.7 Å². The predicted octanol–water partition coefficient (Wildman–Crippen LogP) is 1.15. The highest BCUT2D eigenvalue weighted by Gasteiger charge is 2.34. The molecule has 140 valence electrons. The molecule has 0 saturated carbocycles. The van der Waals surface area contributed by atoms with Crippen LogP contribution in [-0.4, -0.2) is 36.3 Å². The van der Waals surface area contributed by atoms with E-state index in [-0.39, 0.29) is 24.8 Å². The molecule has 2 heterocycles. The monoisotopic (exact) mass is 358 g/mol. The van der Waals surface area contributed by atoms with Crippen LogP contribution in [0.3, 0.4) is 0 Å². The fraction of sp³-hybridized carbons (Fsp3) is 0.526. The molecule has 1 aromatic rings. The van der Waals surface area contributed by atoms with Crippen molar-refractivity contribution >= 4 is 23.4 Å². The van der Waals surface area contributed by atoms with Crippen LogP contribution in [0.1, 0.15) is 48.9 Å². The van der Waals surface area contributed by atoms with E-state index in [2.05, 4.69) is 16.0 Å². The second kappa shape index (κ2) is 8.31. The topological polar surface area (TPSA) is 113 Å². The summed E-state index contributed by atoms with van der Waals surface area (Å²) in [5.74, 6) is -0.341. The van der Waals surface area contributed by atoms with Gasteiger partial charge in [-0.05, 0) is 49.8 Å². The maximum atomic E-state index is 12.4. The van der Waals surface area contributed by atoms with Crippen molar-refractivity contribution in [1.29, 1.82) is 0 Å². The molecule has 5 N–H and O–H groups in total. The SMILES string of the molecule is NC(=O)CCNC(=O)c1cccc(NC(=O)CC2CC3CCC(C2)N3)c1. The molecule has 3 rings (SSSR count). The van der Waals surface area contributed by atoms with Crippen molar-refractivity contribution in [3.05, 3.63) is 29.8 Å². The van der Waals surface area contributed by atoms with E-state index in [0.717, 1.165) is 12.8 Å². The molecule has 2 atom stereocenters. The van der Waals surface area contributed by atoms with Crippen molar-refractivity contribution in [2.24, 2.45) is 11.7 Å². The Morgan fingerprint density at radius 2 is 1.88 bits per heavy atom. The van der Waals surface area contributed by atoms with Crippen molar-refractivity contribution in [2.75, 3.05) is 11.9 Å². The van der Waals surface area contributed by atoms with Gasteiger partial charge in [-0.15, -0.1) is 0 Å². The van der Waals surface area contributed by atoms with Crippen LogP contribution in [0.5, 0.6) is 0 Å². The Bertz CT molecular complexity index is 679. The molecule has 1 aromatic carbocycles. The van der Waals surface area contributed by atoms with Gasteiger partial charge in [0.1, 0.15) is 0 Å². The molecule has 26 heavy (non-hydrogen) atoms. The number of fused-ring (bicyclic) bond motifs is 2. The zero-order valence-electron chi connectivity index (χ0n) is 14.8. The average molecular weight is 358 g/mol. The van der Waals surface area contributed by atoms with Gasteiger partial charge >= 0.3 is 0 Å². The maximum Gasteiger partial charge on any atom is 0.251 e. The van der Waals surface area contributed by atoms with Crippen LogP contribution in [0.4, 0.5) is 5.69 Å². The summed E-state index contributed by atoms with van der Waals surface area (Å²) in [7, 11) is 0. The van der Waals surface area contributed by atoms with Gasteiger partial charge < -0.3 is 21.7 Å². The summed E-state index contributed by atoms with van der Waals surface area (Å²) in [5, 5.41) is 9.11. The summed E-state index contributed by atoms with van der Waals surface area (Å²) in [5.41, 5.74) is 6.10. The second-order valence-electron chi connectivity index (χ2n) is 7.28. The Labute approximate surface area is 153 Å². The molecule has 3 amide bonds. The molecule has 0 aromatic heterocycles. The lowest BCUT2D eigenvalue weighted by molar-refractivity contribution is -0.118. The third-order valence-corrected chi connectivity index (χ3v) is 5.11. The molecule has 7 heteroatoms. The number of hydrogen-bond donors (Lipinski definition) is 4. The van der Waals surface area contributed by atoms with Gasteiger partial charge in [-0.2, -0.15) is 0 Å². The third-order valence-electron chi connectivity index (χ3n) is 5.11. The van der Waals surface area contributed by atoms with Gasteiger partial charge in [0.15, 0.2) is 0 Å². The summed E-state index contributed by atoms with van der Waals surface area (Å²) in [6, 6.07) is 7.94. The van der Waals surface area contributed by atoms with Crippen molar-refractivity contribution in [3.63, 3.8) is 0 Å². The smallest absolute Gasteiger partial charge is 0.251 e. The molecular formula is C19H26N4O3. The largest absolute Gasteiger partial charge is 0.370 e. The second-order valence-corrected chi connectivity index (χ2v) is 7.28. The zero-order valence-corrected chi connectivity index (χ0v) is 14.8. The summed E-state index contributed by atoms with van der Waals surface area (Å²) in [6.45, 7) is 0.197. The maximum absolute atomic E-state index is 12.4. The van der Waals surface area contributed by atoms with E-state index in [0.29, 0.717) is 35.7 Å². The minimum absolute atomic E-state index is 0.0115. The summed E-state index contributed by atoms with van der Waals surface area (Å²) >= 11 is 0. The lowest BCUT2D eigenvalue weighted by Gasteiger charge is -2.28. The Morgan fingerprint density at radius 3 is 2.58 bits per heavy atom. The van der Waals surface area contributed by atoms with E-state index in [1.165, 1.54) is 12.8 Å². The van der Waals surface area contributed by atoms with Crippen LogP contribution in [-0.2, 0) is 9.59 Å². The number of primary amides is 1. The number of nitrogens with two attached hydrogens (primary N) is 1. The molecule has 2 bridgehead atoms. The Balaban J connectivity index is 1.50. The van der Waals surface area contributed by atoms with E-state index >= 15 is 0 Å². The van der Waals surface area contributed by atoms with Crippen molar-refractivity contribution in [3.8, 4) is 0 Å². The Kier molecular flexibility index (Phi) is 5.88. The molecule has 7 nitrogen and oxygen atoms in total. The molecule has 0 aliphatic carbocycles. The average Bonchev–Trinajstić information content (AvgIpc) is 2.93. The molecule has 2 aliphatic rings. The van der Waals surface area contributed by atoms with Gasteiger partial charge in [0.25, 0.3) is 5.91 Å². The number of anilines is 1. The summed E-state index contributed by atoms with van der Waals surface area (Å²) in [6.07, 6.45) is 5.17. The molecule has 2 fully saturated rings. The molecular weight excluding hydrogens is 332 g/mol. The normalized spacial score (nSPS) is 24.1. The minimum atomic E-state index is -0.460. The number of benzene rings is 1. The zero-order chi connectivity index (χ0) is 18.5. The number of hydrogen-bond acceptors (Lipinski definition) is 4. The highest BCUT2D eigenvalue weighted by atomic mass is 16.2. The lowest BCUT2D eigenvalue weighted by Crippen LogP contribution is -2.39. The van der Waals surface area contributed by atoms with Gasteiger partial charge in [-0.3, -0.25) is 14.4 Å². The number of carbonyl (C=O) groups excluding carboxylic acids is 3. The van der Waals surface area contributed by atoms with Gasteiger partial charge in [0.2, 0.25) is 11.8 Å². The first-order chi connectivity index (χ1) is 12.5. The van der Waals surface area contributed by atoms with E-state index < -0.39 is 5.91 Å². The molecule has 0 spiro atoms. The third kappa shape index (κ3) is 5.05. The van der Waals surface area contributed by atoms with Crippen LogP contribution in [0.25, 0.3) is 0 Å². The first-order valence-electron chi connectivity index (χ1n) is 9.22. The van der Waals surface area contributed by atoms with Crippen LogP contribution in [0, 0.1) is 5.92 Å². The van der Waals surface area contributed by atoms with Crippen LogP contribution < -0.4 is 21.7 Å². The standard InChI is InChI=1S/C19H26N4O3/c20-17(24)6-7-21-19(26)13-2-1-3-14(11-13)23-18(25)10-12-8-15-4-5-16(9-12)22-15/h1-3,11-12,15-16,22H,4-10H2,(H2,20,24)(H,21,26)(H,23,25). The Hall–Kier alpha value is -2.41. The lowest BCUT2D eigenvalue weighted by atomic mass is 9.89. The first kappa shape index (κ1) is 18.4. The molecule has 2 aliphatic heterocycles. The van der Waals surface area contributed by atoms with Gasteiger partial charge in [0.05, 0.1) is 0 Å². The highest BCUT2D eigenvalue weighted by molar-refractivity contribution is 5.97. The number of nitrogens with one attached hydrogen (secondary N) is 3. The minimum Gasteiger partial charge on any atom is -0.370 e. The fourth-order valence-electron chi connectivity index (χ4n) is 3.96. The van der Waals surface area contributed by atoms with Crippen LogP contribution in [0.2, 0.25) is 0 Å². The van der Waals surface area contributed by atoms with Crippen molar-refractivity contribution < 1.29 is 14.4 Å². The first-order valence-corrected chi connectivity index (χ1v) is 9.22. The van der Waals surface area contributed by atoms with Gasteiger partial charge in [-0.25, -0.2) is 0 Å². The van der Waals surface area contributed by atoms with Crippen LogP contribution in [0.15, 0.2) is 24.3 Å². The molecule has 2 unspecified atom stereocenters. The Morgan fingerprint density at radius 1 is 1.15 bits per heavy atom. The predicted molar refractivity (Wildman–Crippen MR) is 98.5 cm³/mol. The summed E-state index contributed by atoms with van der Waals surface area (Å²) in [4.78, 5) is 35.2. The fourth-order valence-corrected chi connectivity index (χ4v) is 3.96. The van der Waals surface area contributed by atoms with E-state index in [9.17, 15) is 14.4 Å². The van der Waals surface area contributed by atoms with Crippen molar-refractivity contribution in [2.45, 2.75) is 50.6 Å². The van der Waals surface area contributed by atoms with E-state index in [1.807, 2.05) is 0 Å². The van der Waals surface area contributed by atoms with Crippen molar-refractivity contribution in [1.82, 2.24) is 10.6 Å². The van der Waals surface area contributed by atoms with E-state index in [4.69, 9.17) is 5.73 Å². The molecule has 2 saturated heterocycles. The molecule has 0 radical (unpaired) electrons. The number of carbonyl (C=O) groups is 3.